The first-order valence-corrected chi connectivity index (χ1v) is 10.6. The topological polar surface area (TPSA) is 60.2 Å². The highest BCUT2D eigenvalue weighted by atomic mass is 16.5. The maximum absolute atomic E-state index is 13.8. The fourth-order valence-electron chi connectivity index (χ4n) is 4.41. The minimum Gasteiger partial charge on any atom is -0.497 e. The molecule has 32 heavy (non-hydrogen) atoms. The summed E-state index contributed by atoms with van der Waals surface area (Å²) in [5.41, 5.74) is 3.85. The van der Waals surface area contributed by atoms with Crippen LogP contribution in [0, 0.1) is 6.92 Å². The minimum absolute atomic E-state index is 0.0508. The van der Waals surface area contributed by atoms with Crippen LogP contribution in [0.1, 0.15) is 45.6 Å². The Hall–Kier alpha value is -3.93. The quantitative estimate of drug-likeness (QED) is 0.464. The molecule has 0 spiro atoms. The number of benzene rings is 3. The lowest BCUT2D eigenvalue weighted by molar-refractivity contribution is 0.0963. The van der Waals surface area contributed by atoms with Crippen molar-refractivity contribution in [1.29, 1.82) is 0 Å². The summed E-state index contributed by atoms with van der Waals surface area (Å²) in [7, 11) is 1.66. The van der Waals surface area contributed by atoms with Crippen molar-refractivity contribution in [1.82, 2.24) is 14.8 Å². The van der Waals surface area contributed by atoms with Gasteiger partial charge in [-0.05, 0) is 48.7 Å². The second kappa shape index (κ2) is 8.30. The van der Waals surface area contributed by atoms with Crippen LogP contribution in [0.4, 0.5) is 5.95 Å². The molecule has 0 fully saturated rings. The number of anilines is 1. The molecule has 0 saturated heterocycles. The molecule has 0 N–H and O–H groups in total. The molecular formula is C26H24N4O2. The second-order valence-corrected chi connectivity index (χ2v) is 8.00. The highest BCUT2D eigenvalue weighted by Crippen LogP contribution is 2.42. The summed E-state index contributed by atoms with van der Waals surface area (Å²) in [4.78, 5) is 20.1. The van der Waals surface area contributed by atoms with Gasteiger partial charge in [-0.2, -0.15) is 10.1 Å². The summed E-state index contributed by atoms with van der Waals surface area (Å²) in [5.74, 6) is 1.28. The predicted molar refractivity (Wildman–Crippen MR) is 123 cm³/mol. The number of methoxy groups -OCH3 is 1. The van der Waals surface area contributed by atoms with E-state index in [4.69, 9.17) is 4.74 Å². The molecule has 3 aromatic carbocycles. The molecule has 2 heterocycles. The molecule has 4 aromatic rings. The first kappa shape index (κ1) is 20.0. The number of hydrogen-bond acceptors (Lipinski definition) is 4. The maximum atomic E-state index is 13.8. The van der Waals surface area contributed by atoms with Gasteiger partial charge in [0.2, 0.25) is 5.95 Å². The van der Waals surface area contributed by atoms with Gasteiger partial charge < -0.3 is 4.74 Å². The molecule has 0 aliphatic carbocycles. The zero-order chi connectivity index (χ0) is 22.1. The molecule has 1 aromatic heterocycles. The van der Waals surface area contributed by atoms with Crippen molar-refractivity contribution in [2.24, 2.45) is 0 Å². The Bertz CT molecular complexity index is 1230. The van der Waals surface area contributed by atoms with Crippen LogP contribution in [-0.4, -0.2) is 27.8 Å². The molecule has 0 radical (unpaired) electrons. The summed E-state index contributed by atoms with van der Waals surface area (Å²) in [6.07, 6.45) is 2.21. The molecule has 2 atom stereocenters. The van der Waals surface area contributed by atoms with E-state index in [0.717, 1.165) is 22.4 Å². The number of aromatic nitrogens is 3. The summed E-state index contributed by atoms with van der Waals surface area (Å²) in [5, 5.41) is 4.51. The molecule has 0 saturated carbocycles. The smallest absolute Gasteiger partial charge is 0.261 e. The number of aryl methyl sites for hydroxylation is 1. The van der Waals surface area contributed by atoms with Crippen molar-refractivity contribution in [3.05, 3.63) is 107 Å². The van der Waals surface area contributed by atoms with E-state index < -0.39 is 0 Å². The Morgan fingerprint density at radius 2 is 1.69 bits per heavy atom. The van der Waals surface area contributed by atoms with Crippen LogP contribution in [0.5, 0.6) is 5.75 Å². The second-order valence-electron chi connectivity index (χ2n) is 8.00. The third-order valence-electron chi connectivity index (χ3n) is 5.99. The lowest BCUT2D eigenvalue weighted by Crippen LogP contribution is -2.42. The Morgan fingerprint density at radius 1 is 0.938 bits per heavy atom. The molecule has 1 amide bonds. The number of carbonyl (C=O) groups excluding carboxylic acids is 1. The van der Waals surface area contributed by atoms with Crippen LogP contribution in [0.15, 0.2) is 85.2 Å². The Kier molecular flexibility index (Phi) is 5.19. The number of nitrogens with zero attached hydrogens (tertiary/aromatic N) is 4. The predicted octanol–water partition coefficient (Wildman–Crippen LogP) is 4.98. The van der Waals surface area contributed by atoms with Crippen LogP contribution in [0.3, 0.4) is 0 Å². The van der Waals surface area contributed by atoms with E-state index in [1.807, 2.05) is 66.2 Å². The first-order chi connectivity index (χ1) is 15.7. The van der Waals surface area contributed by atoms with Gasteiger partial charge in [0.05, 0.1) is 19.2 Å². The van der Waals surface area contributed by atoms with E-state index in [1.54, 1.807) is 12.0 Å². The number of hydrogen-bond donors (Lipinski definition) is 0. The van der Waals surface area contributed by atoms with E-state index in [9.17, 15) is 4.79 Å². The third kappa shape index (κ3) is 3.54. The van der Waals surface area contributed by atoms with Crippen molar-refractivity contribution >= 4 is 11.9 Å². The molecule has 5 rings (SSSR count). The molecule has 6 nitrogen and oxygen atoms in total. The molecular weight excluding hydrogens is 400 g/mol. The number of rotatable bonds is 4. The monoisotopic (exact) mass is 424 g/mol. The summed E-state index contributed by atoms with van der Waals surface area (Å²) in [6.45, 7) is 1.99. The van der Waals surface area contributed by atoms with Crippen molar-refractivity contribution in [3.8, 4) is 5.75 Å². The molecule has 1 aliphatic rings. The average Bonchev–Trinajstić information content (AvgIpc) is 3.33. The highest BCUT2D eigenvalue weighted by Gasteiger charge is 2.39. The van der Waals surface area contributed by atoms with Crippen LogP contribution in [-0.2, 0) is 0 Å². The number of fused-ring (bicyclic) bond motifs is 1. The van der Waals surface area contributed by atoms with Gasteiger partial charge in [-0.15, -0.1) is 0 Å². The zero-order valence-electron chi connectivity index (χ0n) is 18.1. The van der Waals surface area contributed by atoms with Gasteiger partial charge in [0.15, 0.2) is 0 Å². The standard InChI is InChI=1S/C26H24N4O2/c1-18-7-6-10-21(15-18)25(31)29-23(19-8-4-3-5-9-19)16-24(30-26(29)27-17-28-30)20-11-13-22(32-2)14-12-20/h3-15,17,23-24H,16H2,1-2H3/t23-,24+/m0/s1. The van der Waals surface area contributed by atoms with Gasteiger partial charge in [0, 0.05) is 5.56 Å². The van der Waals surface area contributed by atoms with Crippen molar-refractivity contribution < 1.29 is 9.53 Å². The molecule has 1 aliphatic heterocycles. The van der Waals surface area contributed by atoms with E-state index in [0.29, 0.717) is 17.9 Å². The van der Waals surface area contributed by atoms with Crippen LogP contribution >= 0.6 is 0 Å². The Balaban J connectivity index is 1.63. The van der Waals surface area contributed by atoms with E-state index >= 15 is 0 Å². The largest absolute Gasteiger partial charge is 0.497 e. The fourth-order valence-corrected chi connectivity index (χ4v) is 4.41. The van der Waals surface area contributed by atoms with Crippen molar-refractivity contribution in [3.63, 3.8) is 0 Å². The minimum atomic E-state index is -0.173. The number of ether oxygens (including phenoxy) is 1. The van der Waals surface area contributed by atoms with Crippen molar-refractivity contribution in [2.45, 2.75) is 25.4 Å². The molecule has 160 valence electrons. The Morgan fingerprint density at radius 3 is 2.41 bits per heavy atom. The van der Waals surface area contributed by atoms with E-state index in [-0.39, 0.29) is 18.0 Å². The molecule has 0 bridgehead atoms. The van der Waals surface area contributed by atoms with Gasteiger partial charge in [0.25, 0.3) is 5.91 Å². The SMILES string of the molecule is COc1ccc([C@H]2C[C@@H](c3ccccc3)N(C(=O)c3cccc(C)c3)c3ncnn32)cc1. The summed E-state index contributed by atoms with van der Waals surface area (Å²) >= 11 is 0. The van der Waals surface area contributed by atoms with Crippen LogP contribution in [0.2, 0.25) is 0 Å². The van der Waals surface area contributed by atoms with Gasteiger partial charge in [-0.3, -0.25) is 9.69 Å². The normalized spacial score (nSPS) is 17.6. The first-order valence-electron chi connectivity index (χ1n) is 10.6. The van der Waals surface area contributed by atoms with E-state index in [1.165, 1.54) is 6.33 Å². The van der Waals surface area contributed by atoms with E-state index in [2.05, 4.69) is 34.3 Å². The van der Waals surface area contributed by atoms with Gasteiger partial charge in [-0.1, -0.05) is 60.2 Å². The van der Waals surface area contributed by atoms with Gasteiger partial charge in [-0.25, -0.2) is 4.68 Å². The zero-order valence-corrected chi connectivity index (χ0v) is 18.1. The fraction of sp³-hybridized carbons (Fsp3) is 0.192. The highest BCUT2D eigenvalue weighted by molar-refractivity contribution is 6.06. The maximum Gasteiger partial charge on any atom is 0.261 e. The van der Waals surface area contributed by atoms with Crippen LogP contribution in [0.25, 0.3) is 0 Å². The number of amides is 1. The van der Waals surface area contributed by atoms with Crippen LogP contribution < -0.4 is 9.64 Å². The molecule has 6 heteroatoms. The molecule has 0 unspecified atom stereocenters. The summed E-state index contributed by atoms with van der Waals surface area (Å²) < 4.78 is 7.18. The third-order valence-corrected chi connectivity index (χ3v) is 5.99. The van der Waals surface area contributed by atoms with Crippen molar-refractivity contribution in [2.75, 3.05) is 12.0 Å². The lowest BCUT2D eigenvalue weighted by atomic mass is 9.91. The summed E-state index contributed by atoms with van der Waals surface area (Å²) in [6, 6.07) is 25.6. The van der Waals surface area contributed by atoms with Gasteiger partial charge >= 0.3 is 0 Å². The Labute approximate surface area is 187 Å². The lowest BCUT2D eigenvalue weighted by Gasteiger charge is -2.39. The van der Waals surface area contributed by atoms with Gasteiger partial charge in [0.1, 0.15) is 12.1 Å². The number of carbonyl (C=O) groups is 1. The average molecular weight is 425 g/mol.